The van der Waals surface area contributed by atoms with E-state index in [9.17, 15) is 4.79 Å². The van der Waals surface area contributed by atoms with Gasteiger partial charge in [-0.05, 0) is 0 Å². The Morgan fingerprint density at radius 2 is 2.09 bits per heavy atom. The minimum absolute atomic E-state index is 0.00250. The maximum absolute atomic E-state index is 10.5. The standard InChI is InChI=1S/C5H7Cl3O3/c6-1-3(9)2-11-5(10)4(7)8/h3-4,9H,1-2H2/t3-/m0/s1. The summed E-state index contributed by atoms with van der Waals surface area (Å²) < 4.78 is 4.42. The molecule has 66 valence electrons. The Balaban J connectivity index is 3.46. The minimum Gasteiger partial charge on any atom is -0.461 e. The summed E-state index contributed by atoms with van der Waals surface area (Å²) in [7, 11) is 0. The summed E-state index contributed by atoms with van der Waals surface area (Å²) >= 11 is 15.5. The molecule has 0 heterocycles. The number of hydrogen-bond acceptors (Lipinski definition) is 3. The summed E-state index contributed by atoms with van der Waals surface area (Å²) in [5.74, 6) is -0.778. The predicted octanol–water partition coefficient (Wildman–Crippen LogP) is 0.933. The third-order valence-corrected chi connectivity index (χ3v) is 1.49. The Kier molecular flexibility index (Phi) is 6.05. The number of aliphatic hydroxyl groups is 1. The zero-order chi connectivity index (χ0) is 8.85. The van der Waals surface area contributed by atoms with Gasteiger partial charge in [-0.25, -0.2) is 4.79 Å². The lowest BCUT2D eigenvalue weighted by molar-refractivity contribution is -0.144. The van der Waals surface area contributed by atoms with Crippen LogP contribution in [0.5, 0.6) is 0 Å². The summed E-state index contributed by atoms with van der Waals surface area (Å²) in [5.41, 5.74) is 0. The second-order valence-electron chi connectivity index (χ2n) is 1.74. The number of ether oxygens (including phenoxy) is 1. The molecule has 0 aliphatic heterocycles. The molecule has 6 heteroatoms. The van der Waals surface area contributed by atoms with Crippen LogP contribution >= 0.6 is 34.8 Å². The van der Waals surface area contributed by atoms with E-state index in [4.69, 9.17) is 39.9 Å². The van der Waals surface area contributed by atoms with Crippen molar-refractivity contribution >= 4 is 40.8 Å². The quantitative estimate of drug-likeness (QED) is 0.567. The van der Waals surface area contributed by atoms with E-state index in [1.54, 1.807) is 0 Å². The highest BCUT2D eigenvalue weighted by molar-refractivity contribution is 6.52. The third kappa shape index (κ3) is 5.56. The average molecular weight is 221 g/mol. The largest absolute Gasteiger partial charge is 0.461 e. The molecule has 3 nitrogen and oxygen atoms in total. The summed E-state index contributed by atoms with van der Waals surface area (Å²) in [6.07, 6.45) is -0.868. The molecule has 0 radical (unpaired) electrons. The summed E-state index contributed by atoms with van der Waals surface area (Å²) in [5, 5.41) is 8.79. The maximum atomic E-state index is 10.5. The number of esters is 1. The lowest BCUT2D eigenvalue weighted by Crippen LogP contribution is -2.22. The van der Waals surface area contributed by atoms with Crippen molar-refractivity contribution in [1.29, 1.82) is 0 Å². The van der Waals surface area contributed by atoms with Gasteiger partial charge in [0.1, 0.15) is 12.7 Å². The van der Waals surface area contributed by atoms with Crippen LogP contribution in [-0.2, 0) is 9.53 Å². The van der Waals surface area contributed by atoms with Crippen molar-refractivity contribution in [3.8, 4) is 0 Å². The molecule has 0 aromatic rings. The molecule has 0 aliphatic rings. The highest BCUT2D eigenvalue weighted by Gasteiger charge is 2.14. The zero-order valence-corrected chi connectivity index (χ0v) is 7.73. The SMILES string of the molecule is O=C(OC[C@@H](O)CCl)C(Cl)Cl. The summed E-state index contributed by atoms with van der Waals surface area (Å²) in [4.78, 5) is 9.31. The Bertz CT molecular complexity index is 128. The van der Waals surface area contributed by atoms with Gasteiger partial charge in [0.2, 0.25) is 4.84 Å². The molecule has 0 bridgehead atoms. The van der Waals surface area contributed by atoms with Gasteiger partial charge >= 0.3 is 5.97 Å². The number of hydrogen-bond donors (Lipinski definition) is 1. The van der Waals surface area contributed by atoms with Crippen molar-refractivity contribution in [3.63, 3.8) is 0 Å². The number of alkyl halides is 3. The van der Waals surface area contributed by atoms with E-state index in [-0.39, 0.29) is 12.5 Å². The van der Waals surface area contributed by atoms with E-state index in [0.29, 0.717) is 0 Å². The monoisotopic (exact) mass is 220 g/mol. The van der Waals surface area contributed by atoms with E-state index in [2.05, 4.69) is 4.74 Å². The van der Waals surface area contributed by atoms with Gasteiger partial charge in [0, 0.05) is 0 Å². The molecule has 0 unspecified atom stereocenters. The summed E-state index contributed by atoms with van der Waals surface area (Å²) in [6, 6.07) is 0. The zero-order valence-electron chi connectivity index (χ0n) is 5.47. The molecule has 0 fully saturated rings. The van der Waals surface area contributed by atoms with E-state index < -0.39 is 16.9 Å². The van der Waals surface area contributed by atoms with Crippen molar-refractivity contribution < 1.29 is 14.6 Å². The molecular weight excluding hydrogens is 214 g/mol. The number of aliphatic hydroxyl groups excluding tert-OH is 1. The van der Waals surface area contributed by atoms with Gasteiger partial charge < -0.3 is 9.84 Å². The van der Waals surface area contributed by atoms with Crippen LogP contribution in [-0.4, -0.2) is 34.5 Å². The highest BCUT2D eigenvalue weighted by atomic mass is 35.5. The van der Waals surface area contributed by atoms with Crippen molar-refractivity contribution in [1.82, 2.24) is 0 Å². The molecule has 0 saturated carbocycles. The first-order chi connectivity index (χ1) is 5.07. The molecular formula is C5H7Cl3O3. The smallest absolute Gasteiger partial charge is 0.339 e. The summed E-state index contributed by atoms with van der Waals surface area (Å²) in [6.45, 7) is -0.182. The van der Waals surface area contributed by atoms with E-state index in [1.165, 1.54) is 0 Å². The molecule has 1 N–H and O–H groups in total. The van der Waals surface area contributed by atoms with Crippen LogP contribution in [0.1, 0.15) is 0 Å². The molecule has 0 spiro atoms. The minimum atomic E-state index is -1.21. The van der Waals surface area contributed by atoms with Crippen LogP contribution < -0.4 is 0 Å². The third-order valence-electron chi connectivity index (χ3n) is 0.774. The van der Waals surface area contributed by atoms with Gasteiger partial charge in [0.15, 0.2) is 0 Å². The Hall–Kier alpha value is 0.300. The van der Waals surface area contributed by atoms with Gasteiger partial charge in [-0.15, -0.1) is 11.6 Å². The van der Waals surface area contributed by atoms with Gasteiger partial charge in [0.05, 0.1) is 5.88 Å². The highest BCUT2D eigenvalue weighted by Crippen LogP contribution is 2.04. The fourth-order valence-electron chi connectivity index (χ4n) is 0.286. The predicted molar refractivity (Wildman–Crippen MR) is 43.2 cm³/mol. The normalized spacial score (nSPS) is 13.2. The van der Waals surface area contributed by atoms with Crippen molar-refractivity contribution in [2.75, 3.05) is 12.5 Å². The van der Waals surface area contributed by atoms with Gasteiger partial charge in [-0.1, -0.05) is 23.2 Å². The number of halogens is 3. The Morgan fingerprint density at radius 1 is 1.55 bits per heavy atom. The molecule has 1 atom stereocenters. The van der Waals surface area contributed by atoms with E-state index >= 15 is 0 Å². The molecule has 0 aromatic carbocycles. The van der Waals surface area contributed by atoms with Crippen LogP contribution in [0, 0.1) is 0 Å². The van der Waals surface area contributed by atoms with Crippen molar-refractivity contribution in [3.05, 3.63) is 0 Å². The number of carbonyl (C=O) groups excluding carboxylic acids is 1. The van der Waals surface area contributed by atoms with Crippen molar-refractivity contribution in [2.24, 2.45) is 0 Å². The molecule has 0 amide bonds. The van der Waals surface area contributed by atoms with Crippen LogP contribution in [0.15, 0.2) is 0 Å². The molecule has 0 aromatic heterocycles. The molecule has 0 rings (SSSR count). The topological polar surface area (TPSA) is 46.5 Å². The maximum Gasteiger partial charge on any atom is 0.339 e. The van der Waals surface area contributed by atoms with Crippen LogP contribution in [0.2, 0.25) is 0 Å². The first kappa shape index (κ1) is 11.3. The fourth-order valence-corrected chi connectivity index (χ4v) is 0.501. The lowest BCUT2D eigenvalue weighted by Gasteiger charge is -2.07. The van der Waals surface area contributed by atoms with Gasteiger partial charge in [-0.2, -0.15) is 0 Å². The number of rotatable bonds is 4. The van der Waals surface area contributed by atoms with Gasteiger partial charge in [0.25, 0.3) is 0 Å². The fraction of sp³-hybridized carbons (Fsp3) is 0.800. The van der Waals surface area contributed by atoms with Crippen LogP contribution in [0.4, 0.5) is 0 Å². The Morgan fingerprint density at radius 3 is 2.45 bits per heavy atom. The van der Waals surface area contributed by atoms with E-state index in [0.717, 1.165) is 0 Å². The first-order valence-corrected chi connectivity index (χ1v) is 4.17. The Labute approximate surface area is 79.2 Å². The first-order valence-electron chi connectivity index (χ1n) is 2.76. The van der Waals surface area contributed by atoms with Crippen LogP contribution in [0.3, 0.4) is 0 Å². The second-order valence-corrected chi connectivity index (χ2v) is 3.14. The van der Waals surface area contributed by atoms with Crippen LogP contribution in [0.25, 0.3) is 0 Å². The molecule has 11 heavy (non-hydrogen) atoms. The van der Waals surface area contributed by atoms with E-state index in [1.807, 2.05) is 0 Å². The lowest BCUT2D eigenvalue weighted by atomic mass is 10.4. The van der Waals surface area contributed by atoms with Gasteiger partial charge in [-0.3, -0.25) is 0 Å². The second kappa shape index (κ2) is 5.89. The van der Waals surface area contributed by atoms with Crippen molar-refractivity contribution in [2.45, 2.75) is 10.9 Å². The molecule has 0 aliphatic carbocycles. The average Bonchev–Trinajstić information content (AvgIpc) is 1.99. The molecule has 0 saturated heterocycles. The number of carbonyl (C=O) groups is 1.